The fraction of sp³-hybridized carbons (Fsp3) is 0.435. The van der Waals surface area contributed by atoms with Crippen molar-refractivity contribution in [3.8, 4) is 0 Å². The van der Waals surface area contributed by atoms with E-state index in [9.17, 15) is 4.79 Å². The van der Waals surface area contributed by atoms with Crippen molar-refractivity contribution in [1.82, 2.24) is 14.9 Å². The molecule has 2 aromatic heterocycles. The number of likely N-dealkylation sites (tertiary alicyclic amines) is 1. The molecule has 2 atom stereocenters. The minimum Gasteiger partial charge on any atom is -0.321 e. The van der Waals surface area contributed by atoms with Crippen LogP contribution in [-0.4, -0.2) is 33.5 Å². The molecule has 2 amide bonds. The van der Waals surface area contributed by atoms with Crippen molar-refractivity contribution in [2.45, 2.75) is 46.1 Å². The number of anilines is 1. The van der Waals surface area contributed by atoms with Crippen LogP contribution in [0.5, 0.6) is 0 Å². The molecule has 2 aliphatic rings. The van der Waals surface area contributed by atoms with Crippen molar-refractivity contribution in [2.24, 2.45) is 10.8 Å². The number of pyridine rings is 2. The number of nitrogens with one attached hydrogen (secondary N) is 1. The number of rotatable bonds is 1. The zero-order valence-electron chi connectivity index (χ0n) is 16.7. The first-order chi connectivity index (χ1) is 13.3. The molecule has 3 aromatic rings. The number of carbonyl (C=O) groups excluding carboxylic acids is 1. The Hall–Kier alpha value is -2.69. The molecule has 1 aliphatic heterocycles. The van der Waals surface area contributed by atoms with E-state index < -0.39 is 0 Å². The Kier molecular flexibility index (Phi) is 3.67. The third-order valence-electron chi connectivity index (χ3n) is 6.37. The zero-order chi connectivity index (χ0) is 19.5. The van der Waals surface area contributed by atoms with E-state index in [2.05, 4.69) is 41.0 Å². The highest BCUT2D eigenvalue weighted by atomic mass is 16.2. The average Bonchev–Trinajstić information content (AvgIpc) is 2.91. The molecule has 0 radical (unpaired) electrons. The standard InChI is InChI=1S/C23H26N4O/c1-22(2)11-16-12-23(3,13-22)14-27(16)21(28)26-18-10-15-6-4-8-24-19(15)17-7-5-9-25-20(17)18/h4-10,16H,11-14H2,1-3H3,(H,26,28)/t16-,23+/m0/s1. The summed E-state index contributed by atoms with van der Waals surface area (Å²) >= 11 is 0. The maximum absolute atomic E-state index is 13.3. The quantitative estimate of drug-likeness (QED) is 0.595. The number of urea groups is 1. The molecular formula is C23H26N4O. The van der Waals surface area contributed by atoms with Gasteiger partial charge in [-0.05, 0) is 54.4 Å². The molecule has 5 nitrogen and oxygen atoms in total. The number of hydrogen-bond donors (Lipinski definition) is 1. The van der Waals surface area contributed by atoms with Crippen LogP contribution in [0.2, 0.25) is 0 Å². The van der Waals surface area contributed by atoms with E-state index in [1.54, 1.807) is 12.4 Å². The number of amides is 2. The fourth-order valence-electron chi connectivity index (χ4n) is 5.77. The van der Waals surface area contributed by atoms with Crippen molar-refractivity contribution in [3.05, 3.63) is 42.7 Å². The number of nitrogens with zero attached hydrogens (tertiary/aromatic N) is 3. The highest BCUT2D eigenvalue weighted by molar-refractivity contribution is 6.11. The largest absolute Gasteiger partial charge is 0.322 e. The fourth-order valence-corrected chi connectivity index (χ4v) is 5.77. The average molecular weight is 374 g/mol. The molecule has 2 bridgehead atoms. The molecule has 0 unspecified atom stereocenters. The van der Waals surface area contributed by atoms with Gasteiger partial charge in [-0.25, -0.2) is 4.79 Å². The van der Waals surface area contributed by atoms with Crippen molar-refractivity contribution >= 4 is 33.5 Å². The number of fused-ring (bicyclic) bond motifs is 5. The molecule has 1 saturated heterocycles. The lowest BCUT2D eigenvalue weighted by Gasteiger charge is -2.39. The molecule has 2 fully saturated rings. The Morgan fingerprint density at radius 2 is 1.86 bits per heavy atom. The number of benzene rings is 1. The Bertz CT molecular complexity index is 1090. The van der Waals surface area contributed by atoms with Crippen LogP contribution in [-0.2, 0) is 0 Å². The summed E-state index contributed by atoms with van der Waals surface area (Å²) in [5.74, 6) is 0. The van der Waals surface area contributed by atoms with Gasteiger partial charge in [0.15, 0.2) is 0 Å². The van der Waals surface area contributed by atoms with E-state index in [1.165, 1.54) is 6.42 Å². The summed E-state index contributed by atoms with van der Waals surface area (Å²) in [7, 11) is 0. The molecule has 1 saturated carbocycles. The van der Waals surface area contributed by atoms with Gasteiger partial charge < -0.3 is 10.2 Å². The second kappa shape index (κ2) is 5.90. The molecule has 28 heavy (non-hydrogen) atoms. The summed E-state index contributed by atoms with van der Waals surface area (Å²) in [6.45, 7) is 7.80. The molecule has 1 aliphatic carbocycles. The predicted octanol–water partition coefficient (Wildman–Crippen LogP) is 5.22. The van der Waals surface area contributed by atoms with Crippen molar-refractivity contribution < 1.29 is 4.79 Å². The van der Waals surface area contributed by atoms with Gasteiger partial charge in [0.05, 0.1) is 16.7 Å². The Morgan fingerprint density at radius 3 is 2.68 bits per heavy atom. The number of hydrogen-bond acceptors (Lipinski definition) is 3. The normalized spacial score (nSPS) is 26.0. The molecule has 0 spiro atoms. The summed E-state index contributed by atoms with van der Waals surface area (Å²) in [4.78, 5) is 24.4. The molecule has 1 N–H and O–H groups in total. The minimum atomic E-state index is -0.0124. The minimum absolute atomic E-state index is 0.0124. The van der Waals surface area contributed by atoms with E-state index in [1.807, 2.05) is 30.3 Å². The van der Waals surface area contributed by atoms with Gasteiger partial charge >= 0.3 is 6.03 Å². The van der Waals surface area contributed by atoms with Crippen LogP contribution >= 0.6 is 0 Å². The van der Waals surface area contributed by atoms with Crippen LogP contribution in [0.1, 0.15) is 40.0 Å². The molecule has 144 valence electrons. The van der Waals surface area contributed by atoms with Crippen molar-refractivity contribution in [3.63, 3.8) is 0 Å². The van der Waals surface area contributed by atoms with Gasteiger partial charge in [0, 0.05) is 35.8 Å². The third kappa shape index (κ3) is 2.81. The van der Waals surface area contributed by atoms with E-state index >= 15 is 0 Å². The van der Waals surface area contributed by atoms with E-state index in [4.69, 9.17) is 0 Å². The van der Waals surface area contributed by atoms with Crippen molar-refractivity contribution in [2.75, 3.05) is 11.9 Å². The van der Waals surface area contributed by atoms with E-state index in [0.717, 1.165) is 46.9 Å². The first-order valence-corrected chi connectivity index (χ1v) is 10.0. The van der Waals surface area contributed by atoms with Crippen molar-refractivity contribution in [1.29, 1.82) is 0 Å². The smallest absolute Gasteiger partial charge is 0.321 e. The van der Waals surface area contributed by atoms with E-state index in [-0.39, 0.29) is 16.9 Å². The summed E-state index contributed by atoms with van der Waals surface area (Å²) in [6.07, 6.45) is 6.90. The maximum atomic E-state index is 13.3. The molecule has 5 rings (SSSR count). The number of carbonyl (C=O) groups is 1. The highest BCUT2D eigenvalue weighted by Gasteiger charge is 2.51. The van der Waals surface area contributed by atoms with Gasteiger partial charge in [0.1, 0.15) is 0 Å². The molecule has 1 aromatic carbocycles. The van der Waals surface area contributed by atoms with Crippen LogP contribution in [0.25, 0.3) is 21.8 Å². The maximum Gasteiger partial charge on any atom is 0.322 e. The number of aromatic nitrogens is 2. The highest BCUT2D eigenvalue weighted by Crippen LogP contribution is 2.52. The monoisotopic (exact) mass is 374 g/mol. The lowest BCUT2D eigenvalue weighted by atomic mass is 9.65. The van der Waals surface area contributed by atoms with Gasteiger partial charge in [-0.2, -0.15) is 0 Å². The topological polar surface area (TPSA) is 58.1 Å². The van der Waals surface area contributed by atoms with Gasteiger partial charge in [-0.1, -0.05) is 26.8 Å². The molecular weight excluding hydrogens is 348 g/mol. The Balaban J connectivity index is 1.51. The second-order valence-corrected chi connectivity index (χ2v) is 9.67. The van der Waals surface area contributed by atoms with Gasteiger partial charge in [-0.15, -0.1) is 0 Å². The van der Waals surface area contributed by atoms with Crippen LogP contribution in [0.3, 0.4) is 0 Å². The Morgan fingerprint density at radius 1 is 1.11 bits per heavy atom. The van der Waals surface area contributed by atoms with E-state index in [0.29, 0.717) is 6.04 Å². The predicted molar refractivity (Wildman–Crippen MR) is 112 cm³/mol. The molecule has 5 heteroatoms. The summed E-state index contributed by atoms with van der Waals surface area (Å²) in [6, 6.07) is 10.2. The lowest BCUT2D eigenvalue weighted by molar-refractivity contribution is 0.130. The summed E-state index contributed by atoms with van der Waals surface area (Å²) in [5, 5.41) is 5.14. The van der Waals surface area contributed by atoms with Crippen LogP contribution in [0.4, 0.5) is 10.5 Å². The van der Waals surface area contributed by atoms with Crippen LogP contribution in [0.15, 0.2) is 42.7 Å². The van der Waals surface area contributed by atoms with Gasteiger partial charge in [0.25, 0.3) is 0 Å². The first kappa shape index (κ1) is 17.4. The summed E-state index contributed by atoms with van der Waals surface area (Å²) < 4.78 is 0. The lowest BCUT2D eigenvalue weighted by Crippen LogP contribution is -2.40. The SMILES string of the molecule is CC1(C)C[C@H]2C[C@@](C)(CN2C(=O)Nc2cc3cccnc3c3cccnc23)C1. The second-order valence-electron chi connectivity index (χ2n) is 9.67. The van der Waals surface area contributed by atoms with Gasteiger partial charge in [0.2, 0.25) is 0 Å². The van der Waals surface area contributed by atoms with Crippen LogP contribution in [0, 0.1) is 10.8 Å². The first-order valence-electron chi connectivity index (χ1n) is 10.0. The van der Waals surface area contributed by atoms with Gasteiger partial charge in [-0.3, -0.25) is 9.97 Å². The Labute approximate surface area is 165 Å². The molecule has 3 heterocycles. The van der Waals surface area contributed by atoms with Crippen LogP contribution < -0.4 is 5.32 Å². The zero-order valence-corrected chi connectivity index (χ0v) is 16.7. The third-order valence-corrected chi connectivity index (χ3v) is 6.37. The summed E-state index contributed by atoms with van der Waals surface area (Å²) in [5.41, 5.74) is 2.96.